The Balaban J connectivity index is 1.44. The molecule has 1 saturated heterocycles. The number of anilines is 1. The third-order valence-electron chi connectivity index (χ3n) is 5.72. The van der Waals surface area contributed by atoms with Crippen LogP contribution in [0.5, 0.6) is 11.5 Å². The predicted octanol–water partition coefficient (Wildman–Crippen LogP) is 3.29. The lowest BCUT2D eigenvalue weighted by molar-refractivity contribution is -0.120. The molecular formula is C23H25N3O5S. The highest BCUT2D eigenvalue weighted by Crippen LogP contribution is 2.32. The van der Waals surface area contributed by atoms with Crippen molar-refractivity contribution in [2.75, 3.05) is 32.6 Å². The van der Waals surface area contributed by atoms with Crippen molar-refractivity contribution in [3.05, 3.63) is 54.7 Å². The molecule has 1 N–H and O–H groups in total. The van der Waals surface area contributed by atoms with Gasteiger partial charge in [-0.05, 0) is 49.2 Å². The van der Waals surface area contributed by atoms with Crippen molar-refractivity contribution >= 4 is 32.5 Å². The minimum absolute atomic E-state index is 0.107. The second kappa shape index (κ2) is 9.13. The molecule has 0 saturated carbocycles. The number of carbonyl (C=O) groups excluding carboxylic acids is 1. The van der Waals surface area contributed by atoms with E-state index in [2.05, 4.69) is 10.3 Å². The summed E-state index contributed by atoms with van der Waals surface area (Å²) in [5, 5.41) is 3.86. The average Bonchev–Trinajstić information content (AvgIpc) is 2.83. The Bertz CT molecular complexity index is 1230. The number of carbonyl (C=O) groups is 1. The third-order valence-corrected chi connectivity index (χ3v) is 7.62. The van der Waals surface area contributed by atoms with E-state index in [9.17, 15) is 13.2 Å². The number of hydrogen-bond acceptors (Lipinski definition) is 6. The predicted molar refractivity (Wildman–Crippen MR) is 121 cm³/mol. The summed E-state index contributed by atoms with van der Waals surface area (Å²) in [4.78, 5) is 17.3. The van der Waals surface area contributed by atoms with Crippen LogP contribution in [0.4, 0.5) is 5.69 Å². The van der Waals surface area contributed by atoms with Crippen molar-refractivity contribution in [1.29, 1.82) is 0 Å². The Morgan fingerprint density at radius 2 is 1.78 bits per heavy atom. The van der Waals surface area contributed by atoms with Crippen molar-refractivity contribution in [3.8, 4) is 11.5 Å². The fraction of sp³-hybridized carbons (Fsp3) is 0.304. The maximum atomic E-state index is 13.1. The van der Waals surface area contributed by atoms with E-state index in [4.69, 9.17) is 9.47 Å². The number of sulfonamides is 1. The maximum Gasteiger partial charge on any atom is 0.243 e. The number of piperidine rings is 1. The lowest BCUT2D eigenvalue weighted by Gasteiger charge is -2.30. The van der Waals surface area contributed by atoms with Gasteiger partial charge >= 0.3 is 0 Å². The first-order valence-electron chi connectivity index (χ1n) is 10.3. The SMILES string of the molecule is COc1ccc(S(=O)(=O)N2CCC(C(=O)Nc3cccc4ncccc34)CC2)cc1OC. The van der Waals surface area contributed by atoms with Crippen LogP contribution in [0, 0.1) is 5.92 Å². The summed E-state index contributed by atoms with van der Waals surface area (Å²) in [5.74, 6) is 0.446. The first-order chi connectivity index (χ1) is 15.4. The molecule has 9 heteroatoms. The third kappa shape index (κ3) is 4.26. The summed E-state index contributed by atoms with van der Waals surface area (Å²) in [6.45, 7) is 0.539. The first kappa shape index (κ1) is 22.0. The molecular weight excluding hydrogens is 430 g/mol. The summed E-state index contributed by atoms with van der Waals surface area (Å²) in [6.07, 6.45) is 2.60. The number of nitrogens with one attached hydrogen (secondary N) is 1. The van der Waals surface area contributed by atoms with Gasteiger partial charge in [0, 0.05) is 36.7 Å². The molecule has 0 unspecified atom stereocenters. The molecule has 2 heterocycles. The van der Waals surface area contributed by atoms with Gasteiger partial charge in [0.25, 0.3) is 0 Å². The van der Waals surface area contributed by atoms with Crippen LogP contribution in [0.25, 0.3) is 10.9 Å². The summed E-state index contributed by atoms with van der Waals surface area (Å²) in [7, 11) is -0.739. The van der Waals surface area contributed by atoms with Gasteiger partial charge in [-0.1, -0.05) is 6.07 Å². The Labute approximate surface area is 187 Å². The smallest absolute Gasteiger partial charge is 0.243 e. The number of ether oxygens (including phenoxy) is 2. The molecule has 8 nitrogen and oxygen atoms in total. The van der Waals surface area contributed by atoms with E-state index in [1.807, 2.05) is 30.3 Å². The van der Waals surface area contributed by atoms with Crippen molar-refractivity contribution in [2.45, 2.75) is 17.7 Å². The van der Waals surface area contributed by atoms with Gasteiger partial charge in [-0.15, -0.1) is 0 Å². The van der Waals surface area contributed by atoms with E-state index >= 15 is 0 Å². The molecule has 168 valence electrons. The Morgan fingerprint density at radius 3 is 2.50 bits per heavy atom. The molecule has 3 aromatic rings. The van der Waals surface area contributed by atoms with Gasteiger partial charge in [-0.2, -0.15) is 4.31 Å². The summed E-state index contributed by atoms with van der Waals surface area (Å²) in [6, 6.07) is 13.9. The van der Waals surface area contributed by atoms with Gasteiger partial charge in [-0.3, -0.25) is 9.78 Å². The molecule has 1 aliphatic heterocycles. The van der Waals surface area contributed by atoms with Gasteiger partial charge in [0.05, 0.1) is 30.3 Å². The monoisotopic (exact) mass is 455 g/mol. The number of fused-ring (bicyclic) bond motifs is 1. The Hall–Kier alpha value is -3.17. The lowest BCUT2D eigenvalue weighted by Crippen LogP contribution is -2.41. The standard InChI is InChI=1S/C23H25N3O5S/c1-30-21-9-8-17(15-22(21)31-2)32(28,29)26-13-10-16(11-14-26)23(27)25-20-7-3-6-19-18(20)5-4-12-24-19/h3-9,12,15-16H,10-11,13-14H2,1-2H3,(H,25,27). The number of nitrogens with zero attached hydrogens (tertiary/aromatic N) is 2. The van der Waals surface area contributed by atoms with Crippen LogP contribution in [0.15, 0.2) is 59.6 Å². The highest BCUT2D eigenvalue weighted by molar-refractivity contribution is 7.89. The number of methoxy groups -OCH3 is 2. The highest BCUT2D eigenvalue weighted by atomic mass is 32.2. The van der Waals surface area contributed by atoms with E-state index in [0.29, 0.717) is 30.0 Å². The molecule has 4 rings (SSSR count). The molecule has 1 amide bonds. The topological polar surface area (TPSA) is 97.8 Å². The summed E-state index contributed by atoms with van der Waals surface area (Å²) >= 11 is 0. The fourth-order valence-corrected chi connectivity index (χ4v) is 5.42. The van der Waals surface area contributed by atoms with Crippen LogP contribution in [-0.4, -0.2) is 50.9 Å². The van der Waals surface area contributed by atoms with Crippen molar-refractivity contribution < 1.29 is 22.7 Å². The normalized spacial score (nSPS) is 15.4. The Kier molecular flexibility index (Phi) is 6.29. The van der Waals surface area contributed by atoms with Crippen LogP contribution in [0.3, 0.4) is 0 Å². The van der Waals surface area contributed by atoms with E-state index in [1.165, 1.54) is 30.7 Å². The average molecular weight is 456 g/mol. The van der Waals surface area contributed by atoms with Gasteiger partial charge in [-0.25, -0.2) is 8.42 Å². The van der Waals surface area contributed by atoms with Crippen LogP contribution in [-0.2, 0) is 14.8 Å². The zero-order chi connectivity index (χ0) is 22.7. The molecule has 0 bridgehead atoms. The van der Waals surface area contributed by atoms with Gasteiger partial charge in [0.2, 0.25) is 15.9 Å². The molecule has 32 heavy (non-hydrogen) atoms. The zero-order valence-corrected chi connectivity index (χ0v) is 18.8. The summed E-state index contributed by atoms with van der Waals surface area (Å²) in [5.41, 5.74) is 1.52. The van der Waals surface area contributed by atoms with Crippen molar-refractivity contribution in [1.82, 2.24) is 9.29 Å². The second-order valence-corrected chi connectivity index (χ2v) is 9.50. The van der Waals surface area contributed by atoms with E-state index < -0.39 is 10.0 Å². The van der Waals surface area contributed by atoms with Crippen LogP contribution in [0.2, 0.25) is 0 Å². The quantitative estimate of drug-likeness (QED) is 0.613. The fourth-order valence-electron chi connectivity index (χ4n) is 3.93. The minimum Gasteiger partial charge on any atom is -0.493 e. The van der Waals surface area contributed by atoms with Crippen molar-refractivity contribution in [2.24, 2.45) is 5.92 Å². The number of aromatic nitrogens is 1. The first-order valence-corrected chi connectivity index (χ1v) is 11.7. The van der Waals surface area contributed by atoms with E-state index in [1.54, 1.807) is 12.3 Å². The van der Waals surface area contributed by atoms with Crippen molar-refractivity contribution in [3.63, 3.8) is 0 Å². The number of hydrogen-bond donors (Lipinski definition) is 1. The molecule has 0 aliphatic carbocycles. The lowest BCUT2D eigenvalue weighted by atomic mass is 9.97. The molecule has 1 aromatic heterocycles. The molecule has 0 spiro atoms. The van der Waals surface area contributed by atoms with E-state index in [-0.39, 0.29) is 29.8 Å². The Morgan fingerprint density at radius 1 is 1.03 bits per heavy atom. The van der Waals surface area contributed by atoms with Gasteiger partial charge in [0.1, 0.15) is 0 Å². The maximum absolute atomic E-state index is 13.1. The molecule has 0 radical (unpaired) electrons. The number of pyridine rings is 1. The zero-order valence-electron chi connectivity index (χ0n) is 17.9. The van der Waals surface area contributed by atoms with Crippen LogP contribution < -0.4 is 14.8 Å². The molecule has 2 aromatic carbocycles. The second-order valence-electron chi connectivity index (χ2n) is 7.56. The number of benzene rings is 2. The van der Waals surface area contributed by atoms with Gasteiger partial charge in [0.15, 0.2) is 11.5 Å². The minimum atomic E-state index is -3.70. The largest absolute Gasteiger partial charge is 0.493 e. The summed E-state index contributed by atoms with van der Waals surface area (Å²) < 4.78 is 38.0. The van der Waals surface area contributed by atoms with Crippen LogP contribution >= 0.6 is 0 Å². The van der Waals surface area contributed by atoms with E-state index in [0.717, 1.165) is 10.9 Å². The molecule has 1 aliphatic rings. The highest BCUT2D eigenvalue weighted by Gasteiger charge is 2.32. The van der Waals surface area contributed by atoms with Gasteiger partial charge < -0.3 is 14.8 Å². The van der Waals surface area contributed by atoms with Crippen LogP contribution in [0.1, 0.15) is 12.8 Å². The number of rotatable bonds is 6. The number of amides is 1. The molecule has 0 atom stereocenters. The molecule has 1 fully saturated rings.